The molecular formula is C23H31BrN4. The van der Waals surface area contributed by atoms with Crippen molar-refractivity contribution < 1.29 is 0 Å². The maximum Gasteiger partial charge on any atom is 0.201 e. The highest BCUT2D eigenvalue weighted by atomic mass is 79.9. The number of nitrogens with zero attached hydrogens (tertiary/aromatic N) is 3. The van der Waals surface area contributed by atoms with Crippen molar-refractivity contribution in [3.05, 3.63) is 40.4 Å². The van der Waals surface area contributed by atoms with Crippen LogP contribution in [0.25, 0.3) is 22.2 Å². The third-order valence-corrected chi connectivity index (χ3v) is 5.97. The van der Waals surface area contributed by atoms with Gasteiger partial charge >= 0.3 is 0 Å². The number of halogens is 1. The number of nitrogen functional groups attached to an aromatic ring is 1. The van der Waals surface area contributed by atoms with Crippen LogP contribution in [0.1, 0.15) is 52.0 Å². The van der Waals surface area contributed by atoms with Gasteiger partial charge in [0.15, 0.2) is 0 Å². The summed E-state index contributed by atoms with van der Waals surface area (Å²) in [4.78, 5) is 7.19. The predicted molar refractivity (Wildman–Crippen MR) is 125 cm³/mol. The number of anilines is 2. The molecule has 3 rings (SSSR count). The van der Waals surface area contributed by atoms with E-state index in [1.807, 2.05) is 11.6 Å². The van der Waals surface area contributed by atoms with Crippen molar-refractivity contribution in [2.24, 2.45) is 7.05 Å². The third-order valence-electron chi connectivity index (χ3n) is 5.31. The van der Waals surface area contributed by atoms with E-state index in [0.717, 1.165) is 52.6 Å². The lowest BCUT2D eigenvalue weighted by atomic mass is 9.97. The molecule has 0 spiro atoms. The van der Waals surface area contributed by atoms with Crippen molar-refractivity contribution in [1.82, 2.24) is 9.55 Å². The Hall–Kier alpha value is -2.01. The lowest BCUT2D eigenvalue weighted by Gasteiger charge is -2.25. The van der Waals surface area contributed by atoms with Crippen molar-refractivity contribution in [3.8, 4) is 11.1 Å². The SMILES string of the molecule is CCCN(CCC)c1ccc(-c2ccc(C(C)C)cc2Br)c2nc(N)n(C)c12. The van der Waals surface area contributed by atoms with E-state index < -0.39 is 0 Å². The summed E-state index contributed by atoms with van der Waals surface area (Å²) in [5.74, 6) is 1.04. The summed E-state index contributed by atoms with van der Waals surface area (Å²) in [5, 5.41) is 0. The molecule has 2 aromatic carbocycles. The highest BCUT2D eigenvalue weighted by Crippen LogP contribution is 2.39. The molecule has 0 saturated heterocycles. The van der Waals surface area contributed by atoms with Gasteiger partial charge in [-0.05, 0) is 48.1 Å². The van der Waals surface area contributed by atoms with Gasteiger partial charge in [-0.2, -0.15) is 0 Å². The predicted octanol–water partition coefficient (Wildman–Crippen LogP) is 6.33. The summed E-state index contributed by atoms with van der Waals surface area (Å²) in [6, 6.07) is 11.0. The van der Waals surface area contributed by atoms with E-state index in [2.05, 4.69) is 78.9 Å². The number of benzene rings is 2. The molecule has 0 atom stereocenters. The van der Waals surface area contributed by atoms with Crippen molar-refractivity contribution in [2.75, 3.05) is 23.7 Å². The number of fused-ring (bicyclic) bond motifs is 1. The zero-order valence-electron chi connectivity index (χ0n) is 17.6. The number of imidazole rings is 1. The van der Waals surface area contributed by atoms with Crippen LogP contribution in [-0.4, -0.2) is 22.6 Å². The molecule has 0 amide bonds. The molecule has 0 aliphatic carbocycles. The van der Waals surface area contributed by atoms with E-state index in [1.165, 1.54) is 11.3 Å². The minimum atomic E-state index is 0.495. The van der Waals surface area contributed by atoms with E-state index in [4.69, 9.17) is 10.7 Å². The molecule has 0 aliphatic heterocycles. The summed E-state index contributed by atoms with van der Waals surface area (Å²) >= 11 is 3.78. The molecule has 0 fully saturated rings. The molecule has 3 aromatic rings. The van der Waals surface area contributed by atoms with E-state index in [9.17, 15) is 0 Å². The second kappa shape index (κ2) is 8.56. The third kappa shape index (κ3) is 3.77. The molecular weight excluding hydrogens is 412 g/mol. The molecule has 0 radical (unpaired) electrons. The molecule has 0 aliphatic rings. The average molecular weight is 443 g/mol. The van der Waals surface area contributed by atoms with Gasteiger partial charge in [-0.3, -0.25) is 0 Å². The van der Waals surface area contributed by atoms with Crippen molar-refractivity contribution in [2.45, 2.75) is 46.5 Å². The minimum absolute atomic E-state index is 0.495. The van der Waals surface area contributed by atoms with E-state index in [0.29, 0.717) is 11.9 Å². The number of nitrogens with two attached hydrogens (primary N) is 1. The fraction of sp³-hybridized carbons (Fsp3) is 0.435. The van der Waals surface area contributed by atoms with Gasteiger partial charge in [0.05, 0.1) is 11.2 Å². The lowest BCUT2D eigenvalue weighted by Crippen LogP contribution is -2.25. The van der Waals surface area contributed by atoms with Crippen LogP contribution in [0.5, 0.6) is 0 Å². The molecule has 150 valence electrons. The monoisotopic (exact) mass is 442 g/mol. The first-order valence-electron chi connectivity index (χ1n) is 10.2. The molecule has 2 N–H and O–H groups in total. The van der Waals surface area contributed by atoms with Crippen molar-refractivity contribution in [3.63, 3.8) is 0 Å². The zero-order valence-corrected chi connectivity index (χ0v) is 19.2. The van der Waals surface area contributed by atoms with Crippen LogP contribution < -0.4 is 10.6 Å². The first-order valence-corrected chi connectivity index (χ1v) is 11.0. The molecule has 1 heterocycles. The Morgan fingerprint density at radius 1 is 1.07 bits per heavy atom. The number of aromatic nitrogens is 2. The van der Waals surface area contributed by atoms with Crippen LogP contribution in [0.15, 0.2) is 34.8 Å². The number of hydrogen-bond acceptors (Lipinski definition) is 3. The number of hydrogen-bond donors (Lipinski definition) is 1. The van der Waals surface area contributed by atoms with Gasteiger partial charge in [-0.1, -0.05) is 55.8 Å². The molecule has 0 saturated carbocycles. The lowest BCUT2D eigenvalue weighted by molar-refractivity contribution is 0.745. The van der Waals surface area contributed by atoms with Crippen LogP contribution in [-0.2, 0) is 7.05 Å². The van der Waals surface area contributed by atoms with Crippen LogP contribution in [0.2, 0.25) is 0 Å². The summed E-state index contributed by atoms with van der Waals surface area (Å²) in [7, 11) is 2.00. The van der Waals surface area contributed by atoms with E-state index >= 15 is 0 Å². The smallest absolute Gasteiger partial charge is 0.201 e. The Morgan fingerprint density at radius 2 is 1.71 bits per heavy atom. The second-order valence-corrected chi connectivity index (χ2v) is 8.59. The van der Waals surface area contributed by atoms with Gasteiger partial charge < -0.3 is 15.2 Å². The van der Waals surface area contributed by atoms with E-state index in [-0.39, 0.29) is 0 Å². The summed E-state index contributed by atoms with van der Waals surface area (Å²) < 4.78 is 3.11. The fourth-order valence-electron chi connectivity index (χ4n) is 3.79. The quantitative estimate of drug-likeness (QED) is 0.464. The topological polar surface area (TPSA) is 47.1 Å². The van der Waals surface area contributed by atoms with E-state index in [1.54, 1.807) is 0 Å². The minimum Gasteiger partial charge on any atom is -0.370 e. The molecule has 28 heavy (non-hydrogen) atoms. The Kier molecular flexibility index (Phi) is 6.33. The Bertz CT molecular complexity index is 968. The fourth-order valence-corrected chi connectivity index (χ4v) is 4.40. The Labute approximate surface area is 176 Å². The molecule has 5 heteroatoms. The van der Waals surface area contributed by atoms with Gasteiger partial charge in [0.2, 0.25) is 5.95 Å². The van der Waals surface area contributed by atoms with Crippen LogP contribution in [0, 0.1) is 0 Å². The van der Waals surface area contributed by atoms with Crippen LogP contribution >= 0.6 is 15.9 Å². The van der Waals surface area contributed by atoms with Gasteiger partial charge in [0, 0.05) is 30.2 Å². The number of rotatable bonds is 7. The zero-order chi connectivity index (χ0) is 20.4. The highest BCUT2D eigenvalue weighted by Gasteiger charge is 2.19. The van der Waals surface area contributed by atoms with Crippen molar-refractivity contribution >= 4 is 38.6 Å². The summed E-state index contributed by atoms with van der Waals surface area (Å²) in [6.07, 6.45) is 2.22. The molecule has 4 nitrogen and oxygen atoms in total. The molecule has 0 unspecified atom stereocenters. The van der Waals surface area contributed by atoms with Gasteiger partial charge in [0.25, 0.3) is 0 Å². The maximum absolute atomic E-state index is 6.24. The summed E-state index contributed by atoms with van der Waals surface area (Å²) in [6.45, 7) is 10.9. The normalized spacial score (nSPS) is 11.5. The molecule has 0 bridgehead atoms. The molecule has 1 aromatic heterocycles. The Balaban J connectivity index is 2.22. The van der Waals surface area contributed by atoms with Crippen molar-refractivity contribution in [1.29, 1.82) is 0 Å². The highest BCUT2D eigenvalue weighted by molar-refractivity contribution is 9.10. The van der Waals surface area contributed by atoms with Gasteiger partial charge in [-0.25, -0.2) is 4.98 Å². The average Bonchev–Trinajstić information content (AvgIpc) is 2.96. The van der Waals surface area contributed by atoms with Gasteiger partial charge in [-0.15, -0.1) is 0 Å². The summed E-state index contributed by atoms with van der Waals surface area (Å²) in [5.41, 5.74) is 13.1. The second-order valence-electron chi connectivity index (χ2n) is 7.74. The first kappa shape index (κ1) is 20.7. The van der Waals surface area contributed by atoms with Crippen LogP contribution in [0.4, 0.5) is 11.6 Å². The maximum atomic E-state index is 6.24. The standard InChI is InChI=1S/C23H31BrN4/c1-6-12-28(13-7-2)20-11-10-18(21-22(20)27(5)23(25)26-21)17-9-8-16(15(3)4)14-19(17)24/h8-11,14-15H,6-7,12-13H2,1-5H3,(H2,25,26). The largest absolute Gasteiger partial charge is 0.370 e. The first-order chi connectivity index (χ1) is 13.4. The Morgan fingerprint density at radius 3 is 2.29 bits per heavy atom. The number of aryl methyl sites for hydroxylation is 1. The van der Waals surface area contributed by atoms with Crippen LogP contribution in [0.3, 0.4) is 0 Å². The van der Waals surface area contributed by atoms with Gasteiger partial charge in [0.1, 0.15) is 5.52 Å².